The van der Waals surface area contributed by atoms with E-state index in [2.05, 4.69) is 10.2 Å². The third kappa shape index (κ3) is 3.27. The van der Waals surface area contributed by atoms with Gasteiger partial charge in [-0.1, -0.05) is 30.3 Å². The molecule has 2 heterocycles. The molecule has 114 valence electrons. The van der Waals surface area contributed by atoms with Gasteiger partial charge in [-0.15, -0.1) is 0 Å². The summed E-state index contributed by atoms with van der Waals surface area (Å²) >= 11 is 0. The standard InChI is InChI=1S/C17H24N2O2/c1-21-17(20)15(13-6-3-2-4-7-13)11-19-10-14-8-5-9-18-16(14)12-19/h2-4,6-7,14-16,18H,5,8-12H2,1H3/t14-,15?,16+/m0/s1. The Balaban J connectivity index is 1.69. The van der Waals surface area contributed by atoms with Gasteiger partial charge in [0.25, 0.3) is 0 Å². The summed E-state index contributed by atoms with van der Waals surface area (Å²) in [7, 11) is 1.48. The second-order valence-corrected chi connectivity index (χ2v) is 6.17. The third-order valence-corrected chi connectivity index (χ3v) is 4.80. The van der Waals surface area contributed by atoms with Crippen LogP contribution in [-0.4, -0.2) is 50.2 Å². The topological polar surface area (TPSA) is 41.6 Å². The smallest absolute Gasteiger partial charge is 0.314 e. The highest BCUT2D eigenvalue weighted by Gasteiger charge is 2.36. The molecule has 4 nitrogen and oxygen atoms in total. The Morgan fingerprint density at radius 1 is 1.38 bits per heavy atom. The van der Waals surface area contributed by atoms with Crippen LogP contribution in [0.3, 0.4) is 0 Å². The number of methoxy groups -OCH3 is 1. The molecule has 0 bridgehead atoms. The van der Waals surface area contributed by atoms with Gasteiger partial charge in [0.05, 0.1) is 13.0 Å². The summed E-state index contributed by atoms with van der Waals surface area (Å²) in [6.07, 6.45) is 2.58. The van der Waals surface area contributed by atoms with Crippen LogP contribution in [0.4, 0.5) is 0 Å². The predicted molar refractivity (Wildman–Crippen MR) is 82.2 cm³/mol. The minimum Gasteiger partial charge on any atom is -0.469 e. The first-order valence-electron chi connectivity index (χ1n) is 7.86. The fourth-order valence-electron chi connectivity index (χ4n) is 3.69. The first-order chi connectivity index (χ1) is 10.3. The van der Waals surface area contributed by atoms with Gasteiger partial charge in [-0.05, 0) is 30.9 Å². The fraction of sp³-hybridized carbons (Fsp3) is 0.588. The van der Waals surface area contributed by atoms with E-state index in [1.807, 2.05) is 30.3 Å². The van der Waals surface area contributed by atoms with E-state index < -0.39 is 0 Å². The number of piperidine rings is 1. The summed E-state index contributed by atoms with van der Waals surface area (Å²) in [5, 5.41) is 3.61. The number of carbonyl (C=O) groups excluding carboxylic acids is 1. The molecule has 0 saturated carbocycles. The maximum atomic E-state index is 12.2. The molecule has 2 aliphatic heterocycles. The summed E-state index contributed by atoms with van der Waals surface area (Å²) < 4.78 is 5.01. The molecule has 4 heteroatoms. The van der Waals surface area contributed by atoms with Gasteiger partial charge in [-0.25, -0.2) is 0 Å². The molecule has 2 saturated heterocycles. The van der Waals surface area contributed by atoms with E-state index in [0.29, 0.717) is 6.04 Å². The van der Waals surface area contributed by atoms with E-state index in [1.54, 1.807) is 0 Å². The maximum absolute atomic E-state index is 12.2. The largest absolute Gasteiger partial charge is 0.469 e. The highest BCUT2D eigenvalue weighted by molar-refractivity contribution is 5.78. The SMILES string of the molecule is COC(=O)C(CN1C[C@@H]2CCCN[C@@H]2C1)c1ccccc1. The third-order valence-electron chi connectivity index (χ3n) is 4.80. The number of nitrogens with one attached hydrogen (secondary N) is 1. The van der Waals surface area contributed by atoms with E-state index in [0.717, 1.165) is 37.7 Å². The molecule has 0 radical (unpaired) electrons. The Labute approximate surface area is 126 Å². The number of hydrogen-bond donors (Lipinski definition) is 1. The second-order valence-electron chi connectivity index (χ2n) is 6.17. The molecule has 1 aromatic carbocycles. The van der Waals surface area contributed by atoms with Crippen molar-refractivity contribution in [1.29, 1.82) is 0 Å². The average Bonchev–Trinajstić information content (AvgIpc) is 2.95. The van der Waals surface area contributed by atoms with Crippen LogP contribution in [-0.2, 0) is 9.53 Å². The van der Waals surface area contributed by atoms with Crippen molar-refractivity contribution in [3.63, 3.8) is 0 Å². The van der Waals surface area contributed by atoms with Crippen LogP contribution >= 0.6 is 0 Å². The number of rotatable bonds is 4. The lowest BCUT2D eigenvalue weighted by molar-refractivity contribution is -0.142. The van der Waals surface area contributed by atoms with Gasteiger partial charge in [0, 0.05) is 25.7 Å². The van der Waals surface area contributed by atoms with Crippen LogP contribution in [0, 0.1) is 5.92 Å². The van der Waals surface area contributed by atoms with E-state index in [1.165, 1.54) is 20.0 Å². The first kappa shape index (κ1) is 14.5. The molecule has 0 amide bonds. The molecule has 2 fully saturated rings. The fourth-order valence-corrected chi connectivity index (χ4v) is 3.69. The van der Waals surface area contributed by atoms with Crippen LogP contribution < -0.4 is 5.32 Å². The number of likely N-dealkylation sites (tertiary alicyclic amines) is 1. The van der Waals surface area contributed by atoms with Crippen LogP contribution in [0.15, 0.2) is 30.3 Å². The van der Waals surface area contributed by atoms with Crippen molar-refractivity contribution in [3.05, 3.63) is 35.9 Å². The Bertz CT molecular complexity index is 463. The van der Waals surface area contributed by atoms with Gasteiger partial charge in [-0.3, -0.25) is 4.79 Å². The number of benzene rings is 1. The van der Waals surface area contributed by atoms with Crippen molar-refractivity contribution >= 4 is 5.97 Å². The van der Waals surface area contributed by atoms with Crippen molar-refractivity contribution in [2.75, 3.05) is 33.3 Å². The van der Waals surface area contributed by atoms with Crippen LogP contribution in [0.5, 0.6) is 0 Å². The average molecular weight is 288 g/mol. The molecular formula is C17H24N2O2. The number of nitrogens with zero attached hydrogens (tertiary/aromatic N) is 1. The minimum absolute atomic E-state index is 0.135. The normalized spacial score (nSPS) is 27.1. The van der Waals surface area contributed by atoms with Crippen molar-refractivity contribution < 1.29 is 9.53 Å². The monoisotopic (exact) mass is 288 g/mol. The molecule has 0 aliphatic carbocycles. The molecule has 1 unspecified atom stereocenters. The zero-order valence-corrected chi connectivity index (χ0v) is 12.6. The molecule has 0 aromatic heterocycles. The molecule has 1 N–H and O–H groups in total. The quantitative estimate of drug-likeness (QED) is 0.855. The Hall–Kier alpha value is -1.39. The minimum atomic E-state index is -0.184. The lowest BCUT2D eigenvalue weighted by Crippen LogP contribution is -2.41. The van der Waals surface area contributed by atoms with Crippen molar-refractivity contribution in [3.8, 4) is 0 Å². The number of hydrogen-bond acceptors (Lipinski definition) is 4. The van der Waals surface area contributed by atoms with Crippen LogP contribution in [0.1, 0.15) is 24.3 Å². The molecule has 1 aromatic rings. The highest BCUT2D eigenvalue weighted by Crippen LogP contribution is 2.27. The summed E-state index contributed by atoms with van der Waals surface area (Å²) in [5.74, 6) is 0.424. The van der Waals surface area contributed by atoms with Crippen LogP contribution in [0.2, 0.25) is 0 Å². The Morgan fingerprint density at radius 3 is 2.90 bits per heavy atom. The number of carbonyl (C=O) groups is 1. The van der Waals surface area contributed by atoms with E-state index in [4.69, 9.17) is 4.74 Å². The molecular weight excluding hydrogens is 264 g/mol. The molecule has 21 heavy (non-hydrogen) atoms. The van der Waals surface area contributed by atoms with E-state index in [9.17, 15) is 4.79 Å². The van der Waals surface area contributed by atoms with Crippen molar-refractivity contribution in [2.24, 2.45) is 5.92 Å². The number of ether oxygens (including phenoxy) is 1. The van der Waals surface area contributed by atoms with Crippen molar-refractivity contribution in [1.82, 2.24) is 10.2 Å². The zero-order valence-electron chi connectivity index (χ0n) is 12.6. The van der Waals surface area contributed by atoms with Gasteiger partial charge >= 0.3 is 5.97 Å². The highest BCUT2D eigenvalue weighted by atomic mass is 16.5. The van der Waals surface area contributed by atoms with E-state index in [-0.39, 0.29) is 11.9 Å². The second kappa shape index (κ2) is 6.58. The van der Waals surface area contributed by atoms with Gasteiger partial charge in [-0.2, -0.15) is 0 Å². The van der Waals surface area contributed by atoms with Gasteiger partial charge in [0.15, 0.2) is 0 Å². The van der Waals surface area contributed by atoms with Gasteiger partial charge in [0.2, 0.25) is 0 Å². The summed E-state index contributed by atoms with van der Waals surface area (Å²) in [4.78, 5) is 14.6. The number of esters is 1. The zero-order chi connectivity index (χ0) is 14.7. The first-order valence-corrected chi connectivity index (χ1v) is 7.86. The van der Waals surface area contributed by atoms with Crippen molar-refractivity contribution in [2.45, 2.75) is 24.8 Å². The number of fused-ring (bicyclic) bond motifs is 1. The maximum Gasteiger partial charge on any atom is 0.314 e. The molecule has 0 spiro atoms. The van der Waals surface area contributed by atoms with E-state index >= 15 is 0 Å². The molecule has 3 atom stereocenters. The summed E-state index contributed by atoms with van der Waals surface area (Å²) in [6.45, 7) is 4.03. The Morgan fingerprint density at radius 2 is 2.19 bits per heavy atom. The van der Waals surface area contributed by atoms with Crippen LogP contribution in [0.25, 0.3) is 0 Å². The molecule has 2 aliphatic rings. The lowest BCUT2D eigenvalue weighted by Gasteiger charge is -2.24. The lowest BCUT2D eigenvalue weighted by atomic mass is 9.94. The Kier molecular flexibility index (Phi) is 4.56. The van der Waals surface area contributed by atoms with Gasteiger partial charge in [0.1, 0.15) is 0 Å². The predicted octanol–water partition coefficient (Wildman–Crippen LogP) is 1.63. The van der Waals surface area contributed by atoms with Gasteiger partial charge < -0.3 is 15.0 Å². The molecule has 3 rings (SSSR count). The summed E-state index contributed by atoms with van der Waals surface area (Å²) in [5.41, 5.74) is 1.05. The summed E-state index contributed by atoms with van der Waals surface area (Å²) in [6, 6.07) is 10.6.